The van der Waals surface area contributed by atoms with Gasteiger partial charge in [0.15, 0.2) is 12.1 Å². The molecule has 2 aromatic rings. The van der Waals surface area contributed by atoms with Gasteiger partial charge in [-0.05, 0) is 12.3 Å². The monoisotopic (exact) mass is 394 g/mol. The number of nitrogens with one attached hydrogen (secondary N) is 1. The van der Waals surface area contributed by atoms with Crippen molar-refractivity contribution < 1.29 is 25.3 Å². The maximum atomic E-state index is 10.4. The van der Waals surface area contributed by atoms with E-state index < -0.39 is 31.1 Å². The number of amidine groups is 1. The summed E-state index contributed by atoms with van der Waals surface area (Å²) in [5, 5.41) is 45.7. The Balaban J connectivity index is 2.07. The molecular weight excluding hydrogens is 368 g/mol. The van der Waals surface area contributed by atoms with Crippen LogP contribution in [0.1, 0.15) is 32.1 Å². The second-order valence-electron chi connectivity index (χ2n) is 7.19. The zero-order valence-corrected chi connectivity index (χ0v) is 15.7. The van der Waals surface area contributed by atoms with Gasteiger partial charge in [0.05, 0.1) is 17.6 Å². The molecule has 1 saturated heterocycles. The molecule has 0 aliphatic carbocycles. The summed E-state index contributed by atoms with van der Waals surface area (Å²) >= 11 is 0. The van der Waals surface area contributed by atoms with Crippen LogP contribution < -0.4 is 11.1 Å². The molecule has 1 aliphatic heterocycles. The van der Waals surface area contributed by atoms with Gasteiger partial charge in [0.1, 0.15) is 36.1 Å². The van der Waals surface area contributed by atoms with Crippen molar-refractivity contribution in [3.8, 4) is 0 Å². The molecule has 1 aliphatic rings. The van der Waals surface area contributed by atoms with E-state index >= 15 is 0 Å². The molecule has 4 atom stereocenters. The van der Waals surface area contributed by atoms with Gasteiger partial charge in [0, 0.05) is 12.7 Å². The van der Waals surface area contributed by atoms with E-state index in [1.807, 2.05) is 0 Å². The summed E-state index contributed by atoms with van der Waals surface area (Å²) in [4.78, 5) is 8.53. The highest BCUT2D eigenvalue weighted by molar-refractivity contribution is 6.11. The van der Waals surface area contributed by atoms with Gasteiger partial charge in [-0.25, -0.2) is 9.97 Å². The Morgan fingerprint density at radius 1 is 1.36 bits per heavy atom. The minimum absolute atomic E-state index is 0.155. The number of ether oxygens (including phenoxy) is 1. The van der Waals surface area contributed by atoms with Crippen molar-refractivity contribution in [3.05, 3.63) is 18.1 Å². The first-order valence-electron chi connectivity index (χ1n) is 9.08. The molecule has 11 nitrogen and oxygen atoms in total. The number of anilines is 1. The van der Waals surface area contributed by atoms with Crippen molar-refractivity contribution in [1.82, 2.24) is 14.5 Å². The van der Waals surface area contributed by atoms with E-state index in [2.05, 4.69) is 34.3 Å². The molecule has 0 saturated carbocycles. The Hall–Kier alpha value is -2.47. The van der Waals surface area contributed by atoms with Crippen LogP contribution in [-0.4, -0.2) is 72.4 Å². The fourth-order valence-electron chi connectivity index (χ4n) is 3.25. The van der Waals surface area contributed by atoms with Crippen molar-refractivity contribution in [2.24, 2.45) is 16.8 Å². The topological polar surface area (TPSA) is 171 Å². The first-order chi connectivity index (χ1) is 13.4. The lowest BCUT2D eigenvalue weighted by Crippen LogP contribution is -2.33. The van der Waals surface area contributed by atoms with Crippen LogP contribution in [0.15, 0.2) is 17.7 Å². The minimum Gasteiger partial charge on any atom is -0.409 e. The zero-order valence-electron chi connectivity index (χ0n) is 15.7. The first kappa shape index (κ1) is 20.3. The normalized spacial score (nSPS) is 25.7. The molecule has 0 spiro atoms. The van der Waals surface area contributed by atoms with Crippen molar-refractivity contribution in [2.45, 2.75) is 44.8 Å². The number of hydrogen-bond acceptors (Lipinski definition) is 9. The molecule has 3 heterocycles. The number of rotatable bonds is 7. The second-order valence-corrected chi connectivity index (χ2v) is 7.19. The molecule has 3 rings (SSSR count). The number of hydrogen-bond donors (Lipinski definition) is 6. The Morgan fingerprint density at radius 3 is 2.71 bits per heavy atom. The van der Waals surface area contributed by atoms with Gasteiger partial charge >= 0.3 is 0 Å². The molecule has 0 bridgehead atoms. The van der Waals surface area contributed by atoms with Crippen molar-refractivity contribution >= 4 is 22.7 Å². The molecule has 11 heteroatoms. The number of aromatic nitrogens is 3. The van der Waals surface area contributed by atoms with Gasteiger partial charge in [-0.3, -0.25) is 0 Å². The fraction of sp³-hybridized carbons (Fsp3) is 0.588. The van der Waals surface area contributed by atoms with Crippen LogP contribution in [0.4, 0.5) is 5.82 Å². The van der Waals surface area contributed by atoms with E-state index in [4.69, 9.17) is 10.5 Å². The fourth-order valence-corrected chi connectivity index (χ4v) is 3.25. The number of aliphatic hydroxyl groups excluding tert-OH is 3. The summed E-state index contributed by atoms with van der Waals surface area (Å²) < 4.78 is 7.09. The highest BCUT2D eigenvalue weighted by Crippen LogP contribution is 2.35. The summed E-state index contributed by atoms with van der Waals surface area (Å²) in [6, 6.07) is 0. The predicted octanol–water partition coefficient (Wildman–Crippen LogP) is -0.405. The summed E-state index contributed by atoms with van der Waals surface area (Å²) in [5.41, 5.74) is 6.57. The van der Waals surface area contributed by atoms with Crippen molar-refractivity contribution in [3.63, 3.8) is 0 Å². The van der Waals surface area contributed by atoms with Crippen LogP contribution in [-0.2, 0) is 4.74 Å². The summed E-state index contributed by atoms with van der Waals surface area (Å²) in [5.74, 6) is 0.840. The van der Waals surface area contributed by atoms with Gasteiger partial charge in [-0.15, -0.1) is 0 Å². The first-order valence-corrected chi connectivity index (χ1v) is 9.08. The molecule has 0 aromatic carbocycles. The van der Waals surface area contributed by atoms with E-state index in [0.29, 0.717) is 34.9 Å². The minimum atomic E-state index is -1.29. The molecular formula is C17H26N6O5. The predicted molar refractivity (Wildman–Crippen MR) is 101 cm³/mol. The van der Waals surface area contributed by atoms with Crippen LogP contribution in [0.2, 0.25) is 0 Å². The standard InChI is InChI=1S/C17H26N6O5/c1-8(2)3-4-19-15-11-9(14(18)22-27)5-23(16(11)21-7-20-15)17-13(26)12(25)10(6-24)28-17/h5,7-8,10,12-13,17,24-27H,3-4,6H2,1-2H3,(H2,18,22)(H,19,20,21). The number of fused-ring (bicyclic) bond motifs is 1. The summed E-state index contributed by atoms with van der Waals surface area (Å²) in [6.45, 7) is 4.44. The Morgan fingerprint density at radius 2 is 2.11 bits per heavy atom. The number of oxime groups is 1. The number of nitrogens with zero attached hydrogens (tertiary/aromatic N) is 4. The smallest absolute Gasteiger partial charge is 0.172 e. The molecule has 2 aromatic heterocycles. The Bertz CT molecular complexity index is 854. The van der Waals surface area contributed by atoms with Gasteiger partial charge in [-0.1, -0.05) is 19.0 Å². The molecule has 0 amide bonds. The molecule has 28 heavy (non-hydrogen) atoms. The summed E-state index contributed by atoms with van der Waals surface area (Å²) in [7, 11) is 0. The van der Waals surface area contributed by atoms with Gasteiger partial charge < -0.3 is 40.9 Å². The Kier molecular flexibility index (Phi) is 5.98. The number of nitrogens with two attached hydrogens (primary N) is 1. The largest absolute Gasteiger partial charge is 0.409 e. The lowest BCUT2D eigenvalue weighted by atomic mass is 10.1. The zero-order chi connectivity index (χ0) is 20.4. The maximum absolute atomic E-state index is 10.4. The van der Waals surface area contributed by atoms with Gasteiger partial charge in [0.25, 0.3) is 0 Å². The van der Waals surface area contributed by atoms with E-state index in [9.17, 15) is 20.5 Å². The number of aliphatic hydroxyl groups is 3. The van der Waals surface area contributed by atoms with E-state index in [1.165, 1.54) is 17.1 Å². The average molecular weight is 394 g/mol. The van der Waals surface area contributed by atoms with Gasteiger partial charge in [0.2, 0.25) is 0 Å². The van der Waals surface area contributed by atoms with Gasteiger partial charge in [-0.2, -0.15) is 0 Å². The average Bonchev–Trinajstić information content (AvgIpc) is 3.20. The molecule has 4 unspecified atom stereocenters. The van der Waals surface area contributed by atoms with E-state index in [1.54, 1.807) is 0 Å². The lowest BCUT2D eigenvalue weighted by molar-refractivity contribution is -0.0508. The molecule has 154 valence electrons. The third kappa shape index (κ3) is 3.61. The van der Waals surface area contributed by atoms with Crippen LogP contribution in [0.5, 0.6) is 0 Å². The van der Waals surface area contributed by atoms with Crippen molar-refractivity contribution in [1.29, 1.82) is 0 Å². The maximum Gasteiger partial charge on any atom is 0.172 e. The van der Waals surface area contributed by atoms with Crippen LogP contribution >= 0.6 is 0 Å². The molecule has 1 fully saturated rings. The van der Waals surface area contributed by atoms with E-state index in [0.717, 1.165) is 6.42 Å². The SMILES string of the molecule is CC(C)CCNc1ncnc2c1c(C(N)=NO)cn2C1OC(CO)C(O)C1O. The Labute approximate surface area is 161 Å². The summed E-state index contributed by atoms with van der Waals surface area (Å²) in [6.07, 6.45) is -0.704. The molecule has 0 radical (unpaired) electrons. The highest BCUT2D eigenvalue weighted by atomic mass is 16.6. The third-order valence-electron chi connectivity index (χ3n) is 4.80. The third-order valence-corrected chi connectivity index (χ3v) is 4.80. The second kappa shape index (κ2) is 8.27. The van der Waals surface area contributed by atoms with Crippen molar-refractivity contribution in [2.75, 3.05) is 18.5 Å². The van der Waals surface area contributed by atoms with E-state index in [-0.39, 0.29) is 5.84 Å². The lowest BCUT2D eigenvalue weighted by Gasteiger charge is -2.17. The van der Waals surface area contributed by atoms with Crippen LogP contribution in [0, 0.1) is 5.92 Å². The highest BCUT2D eigenvalue weighted by Gasteiger charge is 2.44. The van der Waals surface area contributed by atoms with Crippen LogP contribution in [0.3, 0.4) is 0 Å². The quantitative estimate of drug-likeness (QED) is 0.158. The molecule has 7 N–H and O–H groups in total. The van der Waals surface area contributed by atoms with Crippen LogP contribution in [0.25, 0.3) is 11.0 Å².